The molecule has 1 aromatic rings. The van der Waals surface area contributed by atoms with E-state index in [4.69, 9.17) is 4.74 Å². The SMILES string of the molecule is C/C=C\C(=C/CC)C1CN(Cc2cccc(Br)c2)CCO1. The Bertz CT molecular complexity index is 510. The molecule has 1 heterocycles. The van der Waals surface area contributed by atoms with Crippen LogP contribution in [0.5, 0.6) is 0 Å². The lowest BCUT2D eigenvalue weighted by molar-refractivity contribution is -0.0107. The van der Waals surface area contributed by atoms with Crippen molar-refractivity contribution in [2.75, 3.05) is 19.7 Å². The Kier molecular flexibility index (Phi) is 6.68. The summed E-state index contributed by atoms with van der Waals surface area (Å²) in [5, 5.41) is 0. The number of hydrogen-bond donors (Lipinski definition) is 0. The van der Waals surface area contributed by atoms with Gasteiger partial charge in [-0.15, -0.1) is 0 Å². The first-order valence-electron chi connectivity index (χ1n) is 7.64. The smallest absolute Gasteiger partial charge is 0.0949 e. The Labute approximate surface area is 136 Å². The van der Waals surface area contributed by atoms with Crippen LogP contribution in [0.2, 0.25) is 0 Å². The number of rotatable bonds is 5. The summed E-state index contributed by atoms with van der Waals surface area (Å²) in [4.78, 5) is 2.48. The molecule has 1 unspecified atom stereocenters. The summed E-state index contributed by atoms with van der Waals surface area (Å²) in [6.07, 6.45) is 7.79. The minimum atomic E-state index is 0.196. The van der Waals surface area contributed by atoms with Crippen LogP contribution in [0.1, 0.15) is 25.8 Å². The summed E-state index contributed by atoms with van der Waals surface area (Å²) in [6.45, 7) is 7.98. The fourth-order valence-electron chi connectivity index (χ4n) is 2.68. The van der Waals surface area contributed by atoms with Gasteiger partial charge in [-0.05, 0) is 36.6 Å². The van der Waals surface area contributed by atoms with E-state index >= 15 is 0 Å². The Balaban J connectivity index is 2.01. The van der Waals surface area contributed by atoms with Crippen molar-refractivity contribution in [1.82, 2.24) is 4.90 Å². The van der Waals surface area contributed by atoms with Gasteiger partial charge in [0.2, 0.25) is 0 Å². The number of morpholine rings is 1. The molecule has 0 spiro atoms. The largest absolute Gasteiger partial charge is 0.371 e. The molecule has 0 aromatic heterocycles. The highest BCUT2D eigenvalue weighted by Gasteiger charge is 2.22. The van der Waals surface area contributed by atoms with Crippen molar-refractivity contribution in [2.45, 2.75) is 32.9 Å². The van der Waals surface area contributed by atoms with E-state index in [-0.39, 0.29) is 6.10 Å². The zero-order chi connectivity index (χ0) is 15.1. The van der Waals surface area contributed by atoms with Crippen LogP contribution in [-0.2, 0) is 11.3 Å². The summed E-state index contributed by atoms with van der Waals surface area (Å²) in [7, 11) is 0. The number of benzene rings is 1. The molecule has 1 fully saturated rings. The van der Waals surface area contributed by atoms with Gasteiger partial charge in [0.1, 0.15) is 0 Å². The molecule has 21 heavy (non-hydrogen) atoms. The number of hydrogen-bond acceptors (Lipinski definition) is 2. The minimum Gasteiger partial charge on any atom is -0.371 e. The van der Waals surface area contributed by atoms with Crippen molar-refractivity contribution in [3.05, 3.63) is 58.1 Å². The topological polar surface area (TPSA) is 12.5 Å². The van der Waals surface area contributed by atoms with E-state index < -0.39 is 0 Å². The highest BCUT2D eigenvalue weighted by atomic mass is 79.9. The predicted octanol–water partition coefficient (Wildman–Crippen LogP) is 4.56. The Morgan fingerprint density at radius 1 is 1.48 bits per heavy atom. The summed E-state index contributed by atoms with van der Waals surface area (Å²) < 4.78 is 7.11. The molecular weight excluding hydrogens is 326 g/mol. The fraction of sp³-hybridized carbons (Fsp3) is 0.444. The lowest BCUT2D eigenvalue weighted by atomic mass is 10.1. The molecule has 2 nitrogen and oxygen atoms in total. The zero-order valence-electron chi connectivity index (χ0n) is 12.9. The minimum absolute atomic E-state index is 0.196. The fourth-order valence-corrected chi connectivity index (χ4v) is 3.12. The van der Waals surface area contributed by atoms with Crippen molar-refractivity contribution in [3.8, 4) is 0 Å². The van der Waals surface area contributed by atoms with Gasteiger partial charge in [0.05, 0.1) is 12.7 Å². The van der Waals surface area contributed by atoms with Gasteiger partial charge >= 0.3 is 0 Å². The molecule has 1 saturated heterocycles. The van der Waals surface area contributed by atoms with E-state index in [1.807, 2.05) is 0 Å². The molecule has 1 aliphatic heterocycles. The van der Waals surface area contributed by atoms with Gasteiger partial charge in [-0.1, -0.05) is 53.2 Å². The van der Waals surface area contributed by atoms with Crippen LogP contribution in [0.3, 0.4) is 0 Å². The average molecular weight is 350 g/mol. The third-order valence-corrected chi connectivity index (χ3v) is 4.11. The van der Waals surface area contributed by atoms with Crippen LogP contribution in [0.4, 0.5) is 0 Å². The molecule has 0 bridgehead atoms. The first-order chi connectivity index (χ1) is 10.2. The molecule has 0 N–H and O–H groups in total. The molecule has 0 saturated carbocycles. The first-order valence-corrected chi connectivity index (χ1v) is 8.43. The molecule has 3 heteroatoms. The predicted molar refractivity (Wildman–Crippen MR) is 92.3 cm³/mol. The lowest BCUT2D eigenvalue weighted by Crippen LogP contribution is -2.42. The monoisotopic (exact) mass is 349 g/mol. The van der Waals surface area contributed by atoms with Crippen LogP contribution in [0, 0.1) is 0 Å². The molecule has 1 atom stereocenters. The first kappa shape index (κ1) is 16.5. The number of nitrogens with zero attached hydrogens (tertiary/aromatic N) is 1. The second-order valence-electron chi connectivity index (χ2n) is 5.34. The van der Waals surface area contributed by atoms with E-state index in [2.05, 4.69) is 77.2 Å². The third-order valence-electron chi connectivity index (χ3n) is 3.62. The van der Waals surface area contributed by atoms with E-state index in [0.717, 1.165) is 37.1 Å². The molecular formula is C18H24BrNO. The van der Waals surface area contributed by atoms with Crippen molar-refractivity contribution in [2.24, 2.45) is 0 Å². The second kappa shape index (κ2) is 8.52. The maximum absolute atomic E-state index is 5.97. The summed E-state index contributed by atoms with van der Waals surface area (Å²) in [6, 6.07) is 8.54. The van der Waals surface area contributed by atoms with Gasteiger partial charge in [-0.3, -0.25) is 4.90 Å². The van der Waals surface area contributed by atoms with Gasteiger partial charge in [0.15, 0.2) is 0 Å². The van der Waals surface area contributed by atoms with E-state index in [0.29, 0.717) is 0 Å². The summed E-state index contributed by atoms with van der Waals surface area (Å²) in [5.74, 6) is 0. The summed E-state index contributed by atoms with van der Waals surface area (Å²) >= 11 is 3.54. The Morgan fingerprint density at radius 3 is 3.05 bits per heavy atom. The number of halogens is 1. The van der Waals surface area contributed by atoms with Crippen LogP contribution in [0.15, 0.2) is 52.5 Å². The molecule has 0 radical (unpaired) electrons. The summed E-state index contributed by atoms with van der Waals surface area (Å²) in [5.41, 5.74) is 2.65. The Morgan fingerprint density at radius 2 is 2.33 bits per heavy atom. The molecule has 1 aliphatic rings. The van der Waals surface area contributed by atoms with Crippen LogP contribution < -0.4 is 0 Å². The zero-order valence-corrected chi connectivity index (χ0v) is 14.5. The van der Waals surface area contributed by atoms with E-state index in [9.17, 15) is 0 Å². The highest BCUT2D eigenvalue weighted by Crippen LogP contribution is 2.19. The van der Waals surface area contributed by atoms with Crippen LogP contribution in [0.25, 0.3) is 0 Å². The van der Waals surface area contributed by atoms with Crippen molar-refractivity contribution < 1.29 is 4.74 Å². The van der Waals surface area contributed by atoms with Crippen LogP contribution >= 0.6 is 15.9 Å². The van der Waals surface area contributed by atoms with Crippen molar-refractivity contribution in [3.63, 3.8) is 0 Å². The molecule has 1 aromatic carbocycles. The molecule has 114 valence electrons. The van der Waals surface area contributed by atoms with Gasteiger partial charge in [0.25, 0.3) is 0 Å². The van der Waals surface area contributed by atoms with Gasteiger partial charge in [0, 0.05) is 24.1 Å². The molecule has 0 amide bonds. The van der Waals surface area contributed by atoms with Crippen molar-refractivity contribution in [1.29, 1.82) is 0 Å². The lowest BCUT2D eigenvalue weighted by Gasteiger charge is -2.33. The van der Waals surface area contributed by atoms with Gasteiger partial charge in [-0.2, -0.15) is 0 Å². The quantitative estimate of drug-likeness (QED) is 0.722. The number of ether oxygens (including phenoxy) is 1. The highest BCUT2D eigenvalue weighted by molar-refractivity contribution is 9.10. The molecule has 2 rings (SSSR count). The molecule has 0 aliphatic carbocycles. The van der Waals surface area contributed by atoms with E-state index in [1.54, 1.807) is 0 Å². The van der Waals surface area contributed by atoms with Gasteiger partial charge in [-0.25, -0.2) is 0 Å². The second-order valence-corrected chi connectivity index (χ2v) is 6.25. The van der Waals surface area contributed by atoms with Gasteiger partial charge < -0.3 is 4.74 Å². The van der Waals surface area contributed by atoms with Crippen molar-refractivity contribution >= 4 is 15.9 Å². The maximum Gasteiger partial charge on any atom is 0.0949 e. The standard InChI is InChI=1S/C18H24BrNO/c1-3-6-16(7-4-2)18-14-20(10-11-21-18)13-15-8-5-9-17(19)12-15/h3,5-9,12,18H,4,10-11,13-14H2,1-2H3/b6-3-,16-7+. The maximum atomic E-state index is 5.97. The van der Waals surface area contributed by atoms with Crippen LogP contribution in [-0.4, -0.2) is 30.7 Å². The number of allylic oxidation sites excluding steroid dienone is 2. The van der Waals surface area contributed by atoms with E-state index in [1.165, 1.54) is 11.1 Å². The average Bonchev–Trinajstić information content (AvgIpc) is 2.47. The normalized spacial score (nSPS) is 21.1. The Hall–Kier alpha value is -0.900. The third kappa shape index (κ3) is 5.10.